The number of hydrazone groups is 1. The molecule has 0 aliphatic rings. The van der Waals surface area contributed by atoms with Crippen LogP contribution in [0.25, 0.3) is 0 Å². The highest BCUT2D eigenvalue weighted by molar-refractivity contribution is 14.1. The van der Waals surface area contributed by atoms with Crippen LogP contribution in [0.15, 0.2) is 35.4 Å². The highest BCUT2D eigenvalue weighted by Gasteiger charge is 2.13. The van der Waals surface area contributed by atoms with Gasteiger partial charge in [-0.05, 0) is 73.2 Å². The van der Waals surface area contributed by atoms with Crippen molar-refractivity contribution in [2.75, 3.05) is 6.61 Å². The lowest BCUT2D eigenvalue weighted by atomic mass is 10.2. The summed E-state index contributed by atoms with van der Waals surface area (Å²) >= 11 is 14.5. The zero-order valence-electron chi connectivity index (χ0n) is 14.9. The minimum Gasteiger partial charge on any atom is -0.490 e. The maximum Gasteiger partial charge on any atom is 0.174 e. The molecular formula is C19H21Cl2IN2O2. The summed E-state index contributed by atoms with van der Waals surface area (Å²) in [5.74, 6) is 1.47. The van der Waals surface area contributed by atoms with E-state index < -0.39 is 0 Å². The van der Waals surface area contributed by atoms with Gasteiger partial charge in [0.2, 0.25) is 0 Å². The average Bonchev–Trinajstić information content (AvgIpc) is 2.57. The molecule has 0 saturated carbocycles. The maximum atomic E-state index is 6.15. The third-order valence-corrected chi connectivity index (χ3v) is 4.82. The lowest BCUT2D eigenvalue weighted by molar-refractivity contribution is 0.222. The summed E-state index contributed by atoms with van der Waals surface area (Å²) in [6, 6.07) is 9.33. The van der Waals surface area contributed by atoms with Crippen molar-refractivity contribution in [3.05, 3.63) is 55.1 Å². The predicted octanol–water partition coefficient (Wildman–Crippen LogP) is 5.91. The second-order valence-electron chi connectivity index (χ2n) is 5.72. The summed E-state index contributed by atoms with van der Waals surface area (Å²) in [7, 11) is 0. The Hall–Kier alpha value is -1.18. The van der Waals surface area contributed by atoms with Crippen LogP contribution in [0.2, 0.25) is 10.0 Å². The number of rotatable bonds is 8. The zero-order chi connectivity index (χ0) is 19.1. The molecule has 140 valence electrons. The smallest absolute Gasteiger partial charge is 0.174 e. The summed E-state index contributed by atoms with van der Waals surface area (Å²) in [5, 5.41) is 5.49. The molecule has 7 heteroatoms. The number of hydrogen-bond acceptors (Lipinski definition) is 4. The van der Waals surface area contributed by atoms with Gasteiger partial charge in [0.05, 0.1) is 29.0 Å². The maximum absolute atomic E-state index is 6.15. The van der Waals surface area contributed by atoms with Crippen molar-refractivity contribution in [3.8, 4) is 11.5 Å². The molecule has 0 aliphatic heterocycles. The third kappa shape index (κ3) is 5.93. The Kier molecular flexibility index (Phi) is 8.31. The van der Waals surface area contributed by atoms with Crippen molar-refractivity contribution in [3.63, 3.8) is 0 Å². The van der Waals surface area contributed by atoms with Gasteiger partial charge in [0.25, 0.3) is 0 Å². The summed E-state index contributed by atoms with van der Waals surface area (Å²) in [5.41, 5.74) is 4.70. The fourth-order valence-electron chi connectivity index (χ4n) is 2.22. The minimum atomic E-state index is 0.0734. The van der Waals surface area contributed by atoms with Gasteiger partial charge in [0.15, 0.2) is 11.5 Å². The fourth-order valence-corrected chi connectivity index (χ4v) is 3.51. The molecule has 0 saturated heterocycles. The van der Waals surface area contributed by atoms with Crippen LogP contribution in [0.1, 0.15) is 31.9 Å². The van der Waals surface area contributed by atoms with Gasteiger partial charge in [-0.1, -0.05) is 29.3 Å². The van der Waals surface area contributed by atoms with Crippen LogP contribution in [-0.4, -0.2) is 18.9 Å². The van der Waals surface area contributed by atoms with Crippen molar-refractivity contribution >= 4 is 52.0 Å². The van der Waals surface area contributed by atoms with Crippen LogP contribution in [0.3, 0.4) is 0 Å². The van der Waals surface area contributed by atoms with Crippen LogP contribution in [0.4, 0.5) is 0 Å². The molecule has 0 bridgehead atoms. The first-order valence-electron chi connectivity index (χ1n) is 8.24. The van der Waals surface area contributed by atoms with Crippen LogP contribution >= 0.6 is 45.8 Å². The van der Waals surface area contributed by atoms with Gasteiger partial charge in [-0.3, -0.25) is 0 Å². The topological polar surface area (TPSA) is 42.8 Å². The van der Waals surface area contributed by atoms with Crippen molar-refractivity contribution < 1.29 is 9.47 Å². The molecule has 0 atom stereocenters. The molecule has 0 aromatic heterocycles. The first-order valence-corrected chi connectivity index (χ1v) is 10.1. The Labute approximate surface area is 178 Å². The lowest BCUT2D eigenvalue weighted by Gasteiger charge is -2.16. The minimum absolute atomic E-state index is 0.0734. The Morgan fingerprint density at radius 2 is 1.92 bits per heavy atom. The van der Waals surface area contributed by atoms with Crippen molar-refractivity contribution in [2.45, 2.75) is 33.4 Å². The molecule has 0 heterocycles. The van der Waals surface area contributed by atoms with E-state index in [-0.39, 0.29) is 6.10 Å². The van der Waals surface area contributed by atoms with Gasteiger partial charge < -0.3 is 14.9 Å². The normalized spacial score (nSPS) is 11.2. The first-order chi connectivity index (χ1) is 12.4. The Morgan fingerprint density at radius 3 is 2.54 bits per heavy atom. The average molecular weight is 507 g/mol. The molecule has 0 spiro atoms. The van der Waals surface area contributed by atoms with Crippen LogP contribution in [0, 0.1) is 3.57 Å². The van der Waals surface area contributed by atoms with Crippen LogP contribution in [-0.2, 0) is 6.54 Å². The summed E-state index contributed by atoms with van der Waals surface area (Å²) < 4.78 is 12.6. The second kappa shape index (κ2) is 10.2. The highest BCUT2D eigenvalue weighted by Crippen LogP contribution is 2.34. The summed E-state index contributed by atoms with van der Waals surface area (Å²) in [6.07, 6.45) is 1.80. The van der Waals surface area contributed by atoms with E-state index in [1.807, 2.05) is 39.0 Å². The first kappa shape index (κ1) is 21.1. The summed E-state index contributed by atoms with van der Waals surface area (Å²) in [6.45, 7) is 6.94. The number of halogens is 3. The Bertz CT molecular complexity index is 762. The quantitative estimate of drug-likeness (QED) is 0.275. The molecule has 1 N–H and O–H groups in total. The molecule has 26 heavy (non-hydrogen) atoms. The fraction of sp³-hybridized carbons (Fsp3) is 0.316. The number of benzene rings is 2. The van der Waals surface area contributed by atoms with E-state index in [1.165, 1.54) is 0 Å². The second-order valence-corrected chi connectivity index (χ2v) is 7.70. The lowest BCUT2D eigenvalue weighted by Crippen LogP contribution is -2.09. The Balaban J connectivity index is 2.12. The molecular weight excluding hydrogens is 486 g/mol. The van der Waals surface area contributed by atoms with Gasteiger partial charge in [-0.15, -0.1) is 0 Å². The largest absolute Gasteiger partial charge is 0.490 e. The van der Waals surface area contributed by atoms with Gasteiger partial charge >= 0.3 is 0 Å². The van der Waals surface area contributed by atoms with Crippen molar-refractivity contribution in [1.82, 2.24) is 5.43 Å². The van der Waals surface area contributed by atoms with E-state index in [9.17, 15) is 0 Å². The number of hydrogen-bond donors (Lipinski definition) is 1. The molecule has 2 rings (SSSR count). The van der Waals surface area contributed by atoms with Crippen molar-refractivity contribution in [2.24, 2.45) is 5.10 Å². The highest BCUT2D eigenvalue weighted by atomic mass is 127. The SMILES string of the molecule is CCOc1cc(/C=N\NCc2c(Cl)cccc2Cl)cc(I)c1OC(C)C. The summed E-state index contributed by atoms with van der Waals surface area (Å²) in [4.78, 5) is 0. The van der Waals surface area contributed by atoms with E-state index in [1.54, 1.807) is 18.3 Å². The molecule has 0 amide bonds. The molecule has 0 aliphatic carbocycles. The van der Waals surface area contributed by atoms with Crippen LogP contribution < -0.4 is 14.9 Å². The van der Waals surface area contributed by atoms with E-state index in [2.05, 4.69) is 33.1 Å². The van der Waals surface area contributed by atoms with E-state index >= 15 is 0 Å². The van der Waals surface area contributed by atoms with Gasteiger partial charge in [0.1, 0.15) is 0 Å². The number of ether oxygens (including phenoxy) is 2. The third-order valence-electron chi connectivity index (χ3n) is 3.31. The molecule has 2 aromatic carbocycles. The van der Waals surface area contributed by atoms with E-state index in [0.717, 1.165) is 20.4 Å². The molecule has 4 nitrogen and oxygen atoms in total. The van der Waals surface area contributed by atoms with E-state index in [4.69, 9.17) is 32.7 Å². The Morgan fingerprint density at radius 1 is 1.23 bits per heavy atom. The molecule has 0 fully saturated rings. The van der Waals surface area contributed by atoms with Gasteiger partial charge in [-0.2, -0.15) is 5.10 Å². The predicted molar refractivity (Wildman–Crippen MR) is 117 cm³/mol. The standard InChI is InChI=1S/C19H21Cl2IN2O2/c1-4-25-18-9-13(8-17(22)19(18)26-12(2)3)10-23-24-11-14-15(20)6-5-7-16(14)21/h5-10,12,24H,4,11H2,1-3H3/b23-10-. The number of nitrogens with one attached hydrogen (secondary N) is 1. The monoisotopic (exact) mass is 506 g/mol. The van der Waals surface area contributed by atoms with Crippen LogP contribution in [0.5, 0.6) is 11.5 Å². The molecule has 0 unspecified atom stereocenters. The van der Waals surface area contributed by atoms with E-state index in [0.29, 0.717) is 28.9 Å². The van der Waals surface area contributed by atoms with Gasteiger partial charge in [-0.25, -0.2) is 0 Å². The van der Waals surface area contributed by atoms with Gasteiger partial charge in [0, 0.05) is 15.6 Å². The molecule has 2 aromatic rings. The number of nitrogens with zero attached hydrogens (tertiary/aromatic N) is 1. The van der Waals surface area contributed by atoms with Crippen molar-refractivity contribution in [1.29, 1.82) is 0 Å². The zero-order valence-corrected chi connectivity index (χ0v) is 18.5. The molecule has 0 radical (unpaired) electrons.